The zero-order chi connectivity index (χ0) is 21.6. The summed E-state index contributed by atoms with van der Waals surface area (Å²) >= 11 is 1.38. The molecule has 2 heterocycles. The molecule has 2 N–H and O–H groups in total. The predicted molar refractivity (Wildman–Crippen MR) is 121 cm³/mol. The van der Waals surface area contributed by atoms with E-state index < -0.39 is 0 Å². The van der Waals surface area contributed by atoms with E-state index in [1.54, 1.807) is 6.92 Å². The highest BCUT2D eigenvalue weighted by Crippen LogP contribution is 2.33. The summed E-state index contributed by atoms with van der Waals surface area (Å²) in [5.41, 5.74) is 1.53. The number of carbonyl (C=O) groups excluding carboxylic acids is 3. The highest BCUT2D eigenvalue weighted by Gasteiger charge is 2.33. The van der Waals surface area contributed by atoms with Crippen LogP contribution in [0.4, 0.5) is 5.69 Å². The minimum absolute atomic E-state index is 0.109. The molecular weight excluding hydrogens is 398 g/mol. The van der Waals surface area contributed by atoms with Crippen LogP contribution in [0.3, 0.4) is 0 Å². The Morgan fingerprint density at radius 3 is 2.43 bits per heavy atom. The number of carbonyl (C=O) groups is 3. The van der Waals surface area contributed by atoms with E-state index in [1.165, 1.54) is 30.6 Å². The number of ketones is 1. The average molecular weight is 435 g/mol. The van der Waals surface area contributed by atoms with E-state index in [9.17, 15) is 14.4 Å². The van der Waals surface area contributed by atoms with Gasteiger partial charge in [-0.2, -0.15) is 0 Å². The molecule has 0 aromatic carbocycles. The van der Waals surface area contributed by atoms with Crippen LogP contribution in [0.5, 0.6) is 0 Å². The van der Waals surface area contributed by atoms with Crippen molar-refractivity contribution in [2.45, 2.75) is 65.2 Å². The van der Waals surface area contributed by atoms with Gasteiger partial charge in [-0.15, -0.1) is 11.3 Å². The summed E-state index contributed by atoms with van der Waals surface area (Å²) in [5.74, 6) is 0.775. The Bertz CT molecular complexity index is 762. The third-order valence-corrected chi connectivity index (χ3v) is 7.37. The van der Waals surface area contributed by atoms with Gasteiger partial charge in [-0.05, 0) is 62.3 Å². The Morgan fingerprint density at radius 2 is 1.80 bits per heavy atom. The van der Waals surface area contributed by atoms with E-state index in [4.69, 9.17) is 0 Å². The first kappa shape index (κ1) is 22.9. The van der Waals surface area contributed by atoms with E-state index >= 15 is 0 Å². The van der Waals surface area contributed by atoms with Crippen LogP contribution in [0.2, 0.25) is 0 Å². The molecule has 166 valence electrons. The van der Waals surface area contributed by atoms with E-state index in [1.807, 2.05) is 12.3 Å². The lowest BCUT2D eigenvalue weighted by Gasteiger charge is -2.36. The molecule has 1 aliphatic carbocycles. The topological polar surface area (TPSA) is 75.3 Å². The highest BCUT2D eigenvalue weighted by molar-refractivity contribution is 7.13. The van der Waals surface area contributed by atoms with E-state index in [-0.39, 0.29) is 24.1 Å². The van der Waals surface area contributed by atoms with Gasteiger partial charge in [-0.3, -0.25) is 14.4 Å². The molecule has 7 heteroatoms. The Labute approximate surface area is 184 Å². The van der Waals surface area contributed by atoms with Crippen molar-refractivity contribution in [3.8, 4) is 0 Å². The van der Waals surface area contributed by atoms with Crippen molar-refractivity contribution in [3.63, 3.8) is 0 Å². The van der Waals surface area contributed by atoms with E-state index in [0.29, 0.717) is 28.1 Å². The van der Waals surface area contributed by atoms with Crippen LogP contribution in [-0.2, 0) is 9.59 Å². The van der Waals surface area contributed by atoms with Gasteiger partial charge in [0.25, 0.3) is 11.8 Å². The summed E-state index contributed by atoms with van der Waals surface area (Å²) in [7, 11) is 0. The monoisotopic (exact) mass is 434 g/mol. The minimum atomic E-state index is -0.110. The fraction of sp³-hybridized carbons (Fsp3) is 0.696. The zero-order valence-electron chi connectivity index (χ0n) is 18.4. The summed E-state index contributed by atoms with van der Waals surface area (Å²) < 4.78 is 0.535. The second-order valence-corrected chi connectivity index (χ2v) is 10.1. The molecule has 2 amide bonds. The molecular formula is C23H36N3O3S+. The smallest absolute Gasteiger partial charge is 0.279 e. The molecule has 0 unspecified atom stereocenters. The number of likely N-dealkylation sites (tertiary alicyclic amines) is 1. The number of nitrogens with zero attached hydrogens (tertiary/aromatic N) is 1. The molecule has 1 aliphatic heterocycles. The fourth-order valence-electron chi connectivity index (χ4n) is 4.53. The standard InChI is InChI=1S/C23H35N3O3S/c1-17-16-30-22(23(29)24-11-7-8-19-9-10-19)21(17)25-20(28)15-26(14-18(2)27)12-5-3-4-6-13-26/h16,19H,3-15H2,1-2H3,(H-,24,25,28,29)/p+1. The van der Waals surface area contributed by atoms with Crippen molar-refractivity contribution in [2.75, 3.05) is 38.0 Å². The van der Waals surface area contributed by atoms with Crippen LogP contribution < -0.4 is 10.6 Å². The number of anilines is 1. The normalized spacial score (nSPS) is 18.5. The number of quaternary nitrogens is 1. The molecule has 30 heavy (non-hydrogen) atoms. The number of hydrogen-bond donors (Lipinski definition) is 2. The molecule has 2 fully saturated rings. The maximum atomic E-state index is 13.0. The van der Waals surface area contributed by atoms with Gasteiger partial charge in [0.15, 0.2) is 12.3 Å². The van der Waals surface area contributed by atoms with Crippen LogP contribution in [0.15, 0.2) is 5.38 Å². The van der Waals surface area contributed by atoms with E-state index in [2.05, 4.69) is 10.6 Å². The summed E-state index contributed by atoms with van der Waals surface area (Å²) in [6.07, 6.45) is 9.27. The van der Waals surface area contributed by atoms with Crippen LogP contribution in [0.1, 0.15) is 73.5 Å². The van der Waals surface area contributed by atoms with Gasteiger partial charge in [0.2, 0.25) is 0 Å². The van der Waals surface area contributed by atoms with Crippen LogP contribution in [0, 0.1) is 12.8 Å². The Morgan fingerprint density at radius 1 is 1.10 bits per heavy atom. The van der Waals surface area contributed by atoms with Crippen molar-refractivity contribution in [2.24, 2.45) is 5.92 Å². The largest absolute Gasteiger partial charge is 0.351 e. The maximum absolute atomic E-state index is 13.0. The Kier molecular flexibility index (Phi) is 8.06. The first-order valence-electron chi connectivity index (χ1n) is 11.4. The van der Waals surface area contributed by atoms with Gasteiger partial charge >= 0.3 is 0 Å². The molecule has 0 bridgehead atoms. The molecule has 0 radical (unpaired) electrons. The van der Waals surface area contributed by atoms with E-state index in [0.717, 1.165) is 56.7 Å². The molecule has 3 rings (SSSR count). The summed E-state index contributed by atoms with van der Waals surface area (Å²) in [6.45, 7) is 6.63. The molecule has 2 aliphatic rings. The summed E-state index contributed by atoms with van der Waals surface area (Å²) in [5, 5.41) is 7.93. The van der Waals surface area contributed by atoms with Crippen molar-refractivity contribution in [3.05, 3.63) is 15.8 Å². The third kappa shape index (κ3) is 6.64. The fourth-order valence-corrected chi connectivity index (χ4v) is 5.46. The van der Waals surface area contributed by atoms with Crippen LogP contribution in [0.25, 0.3) is 0 Å². The lowest BCUT2D eigenvalue weighted by atomic mass is 10.2. The zero-order valence-corrected chi connectivity index (χ0v) is 19.2. The van der Waals surface area contributed by atoms with Crippen LogP contribution >= 0.6 is 11.3 Å². The first-order chi connectivity index (χ1) is 14.4. The Hall–Kier alpha value is -1.73. The van der Waals surface area contributed by atoms with Crippen molar-refractivity contribution < 1.29 is 18.9 Å². The molecule has 1 aromatic heterocycles. The number of hydrogen-bond acceptors (Lipinski definition) is 4. The third-order valence-electron chi connectivity index (χ3n) is 6.27. The second-order valence-electron chi connectivity index (χ2n) is 9.23. The van der Waals surface area contributed by atoms with Gasteiger partial charge in [0.05, 0.1) is 18.8 Å². The average Bonchev–Trinajstić information content (AvgIpc) is 3.47. The number of amides is 2. The number of aryl methyl sites for hydroxylation is 1. The van der Waals surface area contributed by atoms with Crippen LogP contribution in [-0.4, -0.2) is 54.8 Å². The second kappa shape index (κ2) is 10.5. The Balaban J connectivity index is 1.61. The summed E-state index contributed by atoms with van der Waals surface area (Å²) in [6, 6.07) is 0. The van der Waals surface area contributed by atoms with Gasteiger partial charge in [0.1, 0.15) is 11.4 Å². The predicted octanol–water partition coefficient (Wildman–Crippen LogP) is 3.89. The van der Waals surface area contributed by atoms with Gasteiger partial charge in [0, 0.05) is 13.5 Å². The van der Waals surface area contributed by atoms with Gasteiger partial charge in [-0.1, -0.05) is 12.8 Å². The SMILES string of the molecule is CC(=O)C[N+]1(CC(=O)Nc2c(C)csc2C(=O)NCCCC2CC2)CCCCCC1. The van der Waals surface area contributed by atoms with Crippen molar-refractivity contribution >= 4 is 34.6 Å². The number of Topliss-reactive ketones (excluding diaryl/α,β-unsaturated/α-hetero) is 1. The molecule has 1 saturated carbocycles. The lowest BCUT2D eigenvalue weighted by molar-refractivity contribution is -0.912. The van der Waals surface area contributed by atoms with Crippen molar-refractivity contribution in [1.82, 2.24) is 5.32 Å². The number of nitrogens with one attached hydrogen (secondary N) is 2. The number of thiophene rings is 1. The first-order valence-corrected chi connectivity index (χ1v) is 12.3. The quantitative estimate of drug-likeness (QED) is 0.433. The molecule has 0 atom stereocenters. The summed E-state index contributed by atoms with van der Waals surface area (Å²) in [4.78, 5) is 38.1. The number of rotatable bonds is 10. The molecule has 1 saturated heterocycles. The van der Waals surface area contributed by atoms with Gasteiger partial charge in [-0.25, -0.2) is 0 Å². The molecule has 0 spiro atoms. The van der Waals surface area contributed by atoms with Crippen molar-refractivity contribution in [1.29, 1.82) is 0 Å². The minimum Gasteiger partial charge on any atom is -0.351 e. The van der Waals surface area contributed by atoms with Gasteiger partial charge < -0.3 is 15.1 Å². The molecule has 1 aromatic rings. The maximum Gasteiger partial charge on any atom is 0.279 e. The highest BCUT2D eigenvalue weighted by atomic mass is 32.1. The molecule has 6 nitrogen and oxygen atoms in total. The lowest BCUT2D eigenvalue weighted by Crippen LogP contribution is -2.55.